The zero-order valence-electron chi connectivity index (χ0n) is 15.2. The number of hydrogen-bond donors (Lipinski definition) is 2. The van der Waals surface area contributed by atoms with E-state index in [1.807, 2.05) is 0 Å². The van der Waals surface area contributed by atoms with Crippen LogP contribution in [0.5, 0.6) is 0 Å². The van der Waals surface area contributed by atoms with Crippen LogP contribution in [0.15, 0.2) is 48.5 Å². The normalized spacial score (nSPS) is 16.9. The van der Waals surface area contributed by atoms with Crippen LogP contribution in [-0.2, 0) is 19.7 Å². The first kappa shape index (κ1) is 19.9. The number of hydrogen-bond acceptors (Lipinski definition) is 3. The maximum absolute atomic E-state index is 13.3. The highest BCUT2D eigenvalue weighted by molar-refractivity contribution is 5.89. The van der Waals surface area contributed by atoms with Gasteiger partial charge in [-0.05, 0) is 48.2 Å². The largest absolute Gasteiger partial charge is 0.481 e. The molecule has 0 bridgehead atoms. The number of amides is 1. The quantitative estimate of drug-likeness (QED) is 0.797. The summed E-state index contributed by atoms with van der Waals surface area (Å²) in [5.41, 5.74) is 0.165. The number of aliphatic carboxylic acids is 1. The van der Waals surface area contributed by atoms with E-state index in [-0.39, 0.29) is 12.5 Å². The number of carbonyl (C=O) groups excluding carboxylic acids is 1. The van der Waals surface area contributed by atoms with Crippen LogP contribution in [0, 0.1) is 11.6 Å². The minimum Gasteiger partial charge on any atom is -0.481 e. The molecule has 7 heteroatoms. The summed E-state index contributed by atoms with van der Waals surface area (Å²) in [4.78, 5) is 24.8. The van der Waals surface area contributed by atoms with Crippen molar-refractivity contribution >= 4 is 11.9 Å². The molecule has 148 valence electrons. The minimum absolute atomic E-state index is 0.135. The summed E-state index contributed by atoms with van der Waals surface area (Å²) in [6.45, 7) is 0.625. The van der Waals surface area contributed by atoms with Crippen LogP contribution in [0.1, 0.15) is 29.9 Å². The van der Waals surface area contributed by atoms with Crippen molar-refractivity contribution in [2.75, 3.05) is 19.8 Å². The number of benzene rings is 2. The molecule has 0 saturated carbocycles. The standard InChI is InChI=1S/C21H21F2NO4/c22-16-5-1-14(2-6-16)18(19(25)26)13-24-20(27)21(9-11-28-12-10-21)15-3-7-17(23)8-4-15/h1-8,18H,9-13H2,(H,24,27)(H,25,26). The van der Waals surface area contributed by atoms with Crippen LogP contribution in [0.2, 0.25) is 0 Å². The fourth-order valence-corrected chi connectivity index (χ4v) is 3.54. The van der Waals surface area contributed by atoms with Crippen LogP contribution < -0.4 is 5.32 Å². The topological polar surface area (TPSA) is 75.6 Å². The Morgan fingerprint density at radius 2 is 1.54 bits per heavy atom. The van der Waals surface area contributed by atoms with Crippen LogP contribution in [0.4, 0.5) is 8.78 Å². The lowest BCUT2D eigenvalue weighted by Gasteiger charge is -2.36. The van der Waals surface area contributed by atoms with Gasteiger partial charge < -0.3 is 15.2 Å². The maximum atomic E-state index is 13.3. The van der Waals surface area contributed by atoms with Crippen LogP contribution in [0.3, 0.4) is 0 Å². The fourth-order valence-electron chi connectivity index (χ4n) is 3.54. The van der Waals surface area contributed by atoms with Gasteiger partial charge in [0, 0.05) is 19.8 Å². The van der Waals surface area contributed by atoms with Crippen molar-refractivity contribution < 1.29 is 28.2 Å². The third-order valence-electron chi connectivity index (χ3n) is 5.22. The summed E-state index contributed by atoms with van der Waals surface area (Å²) in [5, 5.41) is 12.3. The molecule has 0 aliphatic carbocycles. The van der Waals surface area contributed by atoms with E-state index in [2.05, 4.69) is 5.32 Å². The van der Waals surface area contributed by atoms with Gasteiger partial charge in [-0.2, -0.15) is 0 Å². The van der Waals surface area contributed by atoms with Crippen molar-refractivity contribution in [3.8, 4) is 0 Å². The molecule has 2 aromatic rings. The van der Waals surface area contributed by atoms with Gasteiger partial charge >= 0.3 is 5.97 Å². The summed E-state index contributed by atoms with van der Waals surface area (Å²) in [6.07, 6.45) is 0.831. The van der Waals surface area contributed by atoms with E-state index in [4.69, 9.17) is 4.74 Å². The minimum atomic E-state index is -1.12. The highest BCUT2D eigenvalue weighted by Crippen LogP contribution is 2.35. The Balaban J connectivity index is 1.80. The molecule has 2 N–H and O–H groups in total. The second-order valence-corrected chi connectivity index (χ2v) is 6.85. The molecular weight excluding hydrogens is 368 g/mol. The van der Waals surface area contributed by atoms with Gasteiger partial charge in [-0.3, -0.25) is 9.59 Å². The lowest BCUT2D eigenvalue weighted by Crippen LogP contribution is -2.49. The first-order valence-corrected chi connectivity index (χ1v) is 9.03. The molecular formula is C21H21F2NO4. The number of ether oxygens (including phenoxy) is 1. The van der Waals surface area contributed by atoms with Crippen LogP contribution in [0.25, 0.3) is 0 Å². The van der Waals surface area contributed by atoms with Gasteiger partial charge in [-0.25, -0.2) is 8.78 Å². The summed E-state index contributed by atoms with van der Waals surface area (Å²) in [7, 11) is 0. The molecule has 1 heterocycles. The Labute approximate surface area is 161 Å². The molecule has 5 nitrogen and oxygen atoms in total. The Morgan fingerprint density at radius 3 is 2.07 bits per heavy atom. The number of halogens is 2. The highest BCUT2D eigenvalue weighted by atomic mass is 19.1. The number of nitrogens with one attached hydrogen (secondary N) is 1. The van der Waals surface area contributed by atoms with Crippen molar-refractivity contribution in [1.29, 1.82) is 0 Å². The van der Waals surface area contributed by atoms with E-state index >= 15 is 0 Å². The zero-order valence-corrected chi connectivity index (χ0v) is 15.2. The molecule has 1 saturated heterocycles. The van der Waals surface area contributed by atoms with Gasteiger partial charge in [0.05, 0.1) is 11.3 Å². The second-order valence-electron chi connectivity index (χ2n) is 6.85. The summed E-state index contributed by atoms with van der Waals surface area (Å²) >= 11 is 0. The fraction of sp³-hybridized carbons (Fsp3) is 0.333. The molecule has 3 rings (SSSR count). The van der Waals surface area contributed by atoms with E-state index in [1.54, 1.807) is 12.1 Å². The van der Waals surface area contributed by atoms with Crippen molar-refractivity contribution in [3.05, 3.63) is 71.3 Å². The number of carboxylic acid groups (broad SMARTS) is 1. The molecule has 0 aromatic heterocycles. The van der Waals surface area contributed by atoms with Crippen LogP contribution >= 0.6 is 0 Å². The average Bonchev–Trinajstić information content (AvgIpc) is 2.70. The molecule has 1 amide bonds. The van der Waals surface area contributed by atoms with Crippen molar-refractivity contribution in [3.63, 3.8) is 0 Å². The monoisotopic (exact) mass is 389 g/mol. The smallest absolute Gasteiger partial charge is 0.312 e. The zero-order chi connectivity index (χ0) is 20.1. The first-order chi connectivity index (χ1) is 13.4. The summed E-state index contributed by atoms with van der Waals surface area (Å²) in [6, 6.07) is 10.9. The molecule has 1 aliphatic heterocycles. The number of rotatable bonds is 6. The van der Waals surface area contributed by atoms with E-state index in [0.29, 0.717) is 37.2 Å². The molecule has 1 unspecified atom stereocenters. The average molecular weight is 389 g/mol. The molecule has 1 fully saturated rings. The third-order valence-corrected chi connectivity index (χ3v) is 5.22. The van der Waals surface area contributed by atoms with Gasteiger partial charge in [0.2, 0.25) is 5.91 Å². The third kappa shape index (κ3) is 4.20. The predicted molar refractivity (Wildman–Crippen MR) is 97.9 cm³/mol. The van der Waals surface area contributed by atoms with Crippen molar-refractivity contribution in [2.45, 2.75) is 24.2 Å². The summed E-state index contributed by atoms with van der Waals surface area (Å²) in [5.74, 6) is -3.30. The van der Waals surface area contributed by atoms with E-state index < -0.39 is 28.9 Å². The number of carboxylic acids is 1. The molecule has 1 atom stereocenters. The highest BCUT2D eigenvalue weighted by Gasteiger charge is 2.42. The Hall–Kier alpha value is -2.80. The van der Waals surface area contributed by atoms with E-state index in [0.717, 1.165) is 0 Å². The Morgan fingerprint density at radius 1 is 1.00 bits per heavy atom. The molecule has 0 spiro atoms. The number of carbonyl (C=O) groups is 2. The molecule has 2 aromatic carbocycles. The van der Waals surface area contributed by atoms with Crippen LogP contribution in [-0.4, -0.2) is 36.7 Å². The SMILES string of the molecule is O=C(O)C(CNC(=O)C1(c2ccc(F)cc2)CCOCC1)c1ccc(F)cc1. The van der Waals surface area contributed by atoms with E-state index in [1.165, 1.54) is 36.4 Å². The van der Waals surface area contributed by atoms with Gasteiger partial charge in [-0.15, -0.1) is 0 Å². The first-order valence-electron chi connectivity index (χ1n) is 9.03. The van der Waals surface area contributed by atoms with Gasteiger partial charge in [0.1, 0.15) is 11.6 Å². The lowest BCUT2D eigenvalue weighted by molar-refractivity contribution is -0.139. The summed E-state index contributed by atoms with van der Waals surface area (Å²) < 4.78 is 31.8. The van der Waals surface area contributed by atoms with Gasteiger partial charge in [0.15, 0.2) is 0 Å². The molecule has 1 aliphatic rings. The Bertz CT molecular complexity index is 830. The maximum Gasteiger partial charge on any atom is 0.312 e. The Kier molecular flexibility index (Phi) is 6.04. The second kappa shape index (κ2) is 8.48. The van der Waals surface area contributed by atoms with Gasteiger partial charge in [0.25, 0.3) is 0 Å². The molecule has 28 heavy (non-hydrogen) atoms. The van der Waals surface area contributed by atoms with Crippen molar-refractivity contribution in [2.24, 2.45) is 0 Å². The van der Waals surface area contributed by atoms with Crippen molar-refractivity contribution in [1.82, 2.24) is 5.32 Å². The van der Waals surface area contributed by atoms with E-state index in [9.17, 15) is 23.5 Å². The predicted octanol–water partition coefficient (Wildman–Crippen LogP) is 3.00. The lowest BCUT2D eigenvalue weighted by atomic mass is 9.73. The van der Waals surface area contributed by atoms with Gasteiger partial charge in [-0.1, -0.05) is 24.3 Å². The molecule has 0 radical (unpaired) electrons.